The Kier molecular flexibility index (Phi) is 5.31. The lowest BCUT2D eigenvalue weighted by atomic mass is 10.0. The summed E-state index contributed by atoms with van der Waals surface area (Å²) in [5.41, 5.74) is 2.41. The molecule has 0 spiro atoms. The number of pyridine rings is 1. The molecule has 1 heterocycles. The SMILES string of the molecule is CSc1cc(C(=O)c2cccc(N(C)C)c2)cc(SC)n1. The number of aromatic nitrogens is 1. The van der Waals surface area contributed by atoms with E-state index >= 15 is 0 Å². The average molecular weight is 318 g/mol. The molecule has 0 aliphatic carbocycles. The number of ketones is 1. The van der Waals surface area contributed by atoms with Gasteiger partial charge in [-0.2, -0.15) is 0 Å². The van der Waals surface area contributed by atoms with Crippen LogP contribution in [0.1, 0.15) is 15.9 Å². The minimum absolute atomic E-state index is 0.0340. The monoisotopic (exact) mass is 318 g/mol. The summed E-state index contributed by atoms with van der Waals surface area (Å²) in [6.07, 6.45) is 3.93. The highest BCUT2D eigenvalue weighted by Crippen LogP contribution is 2.23. The van der Waals surface area contributed by atoms with Crippen LogP contribution in [0.25, 0.3) is 0 Å². The van der Waals surface area contributed by atoms with Crippen molar-refractivity contribution in [3.63, 3.8) is 0 Å². The molecule has 0 atom stereocenters. The molecule has 0 bridgehead atoms. The van der Waals surface area contributed by atoms with Crippen LogP contribution in [0.3, 0.4) is 0 Å². The van der Waals surface area contributed by atoms with Crippen LogP contribution in [-0.4, -0.2) is 37.4 Å². The van der Waals surface area contributed by atoms with Gasteiger partial charge in [-0.05, 0) is 36.8 Å². The van der Waals surface area contributed by atoms with Crippen LogP contribution >= 0.6 is 23.5 Å². The zero-order valence-corrected chi connectivity index (χ0v) is 14.2. The van der Waals surface area contributed by atoms with E-state index in [9.17, 15) is 4.79 Å². The molecular formula is C16H18N2OS2. The molecule has 0 saturated carbocycles. The largest absolute Gasteiger partial charge is 0.378 e. The van der Waals surface area contributed by atoms with E-state index in [-0.39, 0.29) is 5.78 Å². The van der Waals surface area contributed by atoms with Crippen molar-refractivity contribution in [2.45, 2.75) is 10.1 Å². The van der Waals surface area contributed by atoms with Gasteiger partial charge in [-0.25, -0.2) is 4.98 Å². The lowest BCUT2D eigenvalue weighted by Crippen LogP contribution is -2.10. The molecule has 1 aromatic carbocycles. The number of nitrogens with zero attached hydrogens (tertiary/aromatic N) is 2. The minimum atomic E-state index is 0.0340. The first kappa shape index (κ1) is 15.9. The number of anilines is 1. The first-order valence-electron chi connectivity index (χ1n) is 6.47. The third-order valence-electron chi connectivity index (χ3n) is 3.08. The molecule has 0 aliphatic heterocycles. The highest BCUT2D eigenvalue weighted by molar-refractivity contribution is 7.99. The highest BCUT2D eigenvalue weighted by Gasteiger charge is 2.13. The lowest BCUT2D eigenvalue weighted by molar-refractivity contribution is 0.103. The number of thioether (sulfide) groups is 2. The van der Waals surface area contributed by atoms with Crippen molar-refractivity contribution in [1.29, 1.82) is 0 Å². The number of carbonyl (C=O) groups is 1. The molecule has 0 unspecified atom stereocenters. The van der Waals surface area contributed by atoms with Crippen LogP contribution in [0.5, 0.6) is 0 Å². The van der Waals surface area contributed by atoms with Gasteiger partial charge >= 0.3 is 0 Å². The van der Waals surface area contributed by atoms with Gasteiger partial charge in [0.25, 0.3) is 0 Å². The van der Waals surface area contributed by atoms with Crippen molar-refractivity contribution in [2.75, 3.05) is 31.5 Å². The maximum absolute atomic E-state index is 12.7. The maximum Gasteiger partial charge on any atom is 0.193 e. The Labute approximate surface area is 134 Å². The van der Waals surface area contributed by atoms with Gasteiger partial charge in [0, 0.05) is 30.9 Å². The molecular weight excluding hydrogens is 300 g/mol. The smallest absolute Gasteiger partial charge is 0.193 e. The number of hydrogen-bond donors (Lipinski definition) is 0. The fourth-order valence-electron chi connectivity index (χ4n) is 1.91. The Hall–Kier alpha value is -1.46. The van der Waals surface area contributed by atoms with Gasteiger partial charge in [-0.3, -0.25) is 4.79 Å². The molecule has 0 fully saturated rings. The molecule has 2 rings (SSSR count). The van der Waals surface area contributed by atoms with E-state index in [1.54, 1.807) is 23.5 Å². The van der Waals surface area contributed by atoms with Gasteiger partial charge < -0.3 is 4.90 Å². The highest BCUT2D eigenvalue weighted by atomic mass is 32.2. The van der Waals surface area contributed by atoms with Crippen molar-refractivity contribution in [3.8, 4) is 0 Å². The molecule has 5 heteroatoms. The molecule has 2 aromatic rings. The summed E-state index contributed by atoms with van der Waals surface area (Å²) in [7, 11) is 3.93. The fraction of sp³-hybridized carbons (Fsp3) is 0.250. The van der Waals surface area contributed by atoms with E-state index in [1.807, 2.05) is 67.9 Å². The van der Waals surface area contributed by atoms with Crippen molar-refractivity contribution < 1.29 is 4.79 Å². The van der Waals surface area contributed by atoms with E-state index < -0.39 is 0 Å². The Morgan fingerprint density at radius 2 is 1.62 bits per heavy atom. The topological polar surface area (TPSA) is 33.2 Å². The van der Waals surface area contributed by atoms with Gasteiger partial charge in [0.2, 0.25) is 0 Å². The summed E-state index contributed by atoms with van der Waals surface area (Å²) < 4.78 is 0. The van der Waals surface area contributed by atoms with Gasteiger partial charge in [0.15, 0.2) is 5.78 Å². The Balaban J connectivity index is 2.42. The predicted octanol–water partition coefficient (Wildman–Crippen LogP) is 3.82. The van der Waals surface area contributed by atoms with Crippen molar-refractivity contribution in [1.82, 2.24) is 4.98 Å². The second-order valence-corrected chi connectivity index (χ2v) is 6.37. The average Bonchev–Trinajstić information content (AvgIpc) is 2.53. The molecule has 21 heavy (non-hydrogen) atoms. The Morgan fingerprint density at radius 1 is 1.00 bits per heavy atom. The van der Waals surface area contributed by atoms with Gasteiger partial charge in [0.05, 0.1) is 10.1 Å². The molecule has 0 N–H and O–H groups in total. The van der Waals surface area contributed by atoms with E-state index in [0.717, 1.165) is 15.7 Å². The normalized spacial score (nSPS) is 10.5. The second-order valence-electron chi connectivity index (χ2n) is 4.71. The summed E-state index contributed by atoms with van der Waals surface area (Å²) in [4.78, 5) is 19.1. The zero-order valence-electron chi connectivity index (χ0n) is 12.6. The van der Waals surface area contributed by atoms with E-state index in [1.165, 1.54) is 0 Å². The first-order valence-corrected chi connectivity index (χ1v) is 8.92. The molecule has 1 aromatic heterocycles. The number of benzene rings is 1. The van der Waals surface area contributed by atoms with Gasteiger partial charge in [0.1, 0.15) is 0 Å². The Morgan fingerprint density at radius 3 is 2.14 bits per heavy atom. The van der Waals surface area contributed by atoms with Gasteiger partial charge in [-0.1, -0.05) is 12.1 Å². The molecule has 0 amide bonds. The number of hydrogen-bond acceptors (Lipinski definition) is 5. The maximum atomic E-state index is 12.7. The fourth-order valence-corrected chi connectivity index (χ4v) is 2.84. The lowest BCUT2D eigenvalue weighted by Gasteiger charge is -2.13. The minimum Gasteiger partial charge on any atom is -0.378 e. The third-order valence-corrected chi connectivity index (χ3v) is 4.34. The number of rotatable bonds is 5. The Bertz CT molecular complexity index is 634. The third kappa shape index (κ3) is 3.80. The first-order chi connectivity index (χ1) is 10.0. The van der Waals surface area contributed by atoms with E-state index in [4.69, 9.17) is 0 Å². The van der Waals surface area contributed by atoms with E-state index in [2.05, 4.69) is 4.98 Å². The van der Waals surface area contributed by atoms with Crippen molar-refractivity contribution >= 4 is 35.0 Å². The summed E-state index contributed by atoms with van der Waals surface area (Å²) in [6.45, 7) is 0. The second kappa shape index (κ2) is 7.00. The zero-order chi connectivity index (χ0) is 15.4. The standard InChI is InChI=1S/C16H18N2OS2/c1-18(2)13-7-5-6-11(8-13)16(19)12-9-14(20-3)17-15(10-12)21-4/h5-10H,1-4H3. The quantitative estimate of drug-likeness (QED) is 0.618. The van der Waals surface area contributed by atoms with Crippen molar-refractivity contribution in [2.24, 2.45) is 0 Å². The summed E-state index contributed by atoms with van der Waals surface area (Å²) in [5.74, 6) is 0.0340. The number of carbonyl (C=O) groups excluding carboxylic acids is 1. The predicted molar refractivity (Wildman–Crippen MR) is 92.0 cm³/mol. The van der Waals surface area contributed by atoms with E-state index in [0.29, 0.717) is 11.1 Å². The van der Waals surface area contributed by atoms with Crippen LogP contribution < -0.4 is 4.90 Å². The molecule has 3 nitrogen and oxygen atoms in total. The van der Waals surface area contributed by atoms with Crippen LogP contribution in [0.2, 0.25) is 0 Å². The summed E-state index contributed by atoms with van der Waals surface area (Å²) in [6, 6.07) is 11.4. The van der Waals surface area contributed by atoms with Crippen LogP contribution in [0.15, 0.2) is 46.5 Å². The van der Waals surface area contributed by atoms with Crippen LogP contribution in [-0.2, 0) is 0 Å². The molecule has 0 radical (unpaired) electrons. The summed E-state index contributed by atoms with van der Waals surface area (Å²) >= 11 is 3.10. The van der Waals surface area contributed by atoms with Gasteiger partial charge in [-0.15, -0.1) is 23.5 Å². The van der Waals surface area contributed by atoms with Crippen LogP contribution in [0.4, 0.5) is 5.69 Å². The molecule has 110 valence electrons. The summed E-state index contributed by atoms with van der Waals surface area (Å²) in [5, 5.41) is 1.74. The molecule has 0 aliphatic rings. The van der Waals surface area contributed by atoms with Crippen LogP contribution in [0, 0.1) is 0 Å². The van der Waals surface area contributed by atoms with Crippen molar-refractivity contribution in [3.05, 3.63) is 47.5 Å². The molecule has 0 saturated heterocycles.